The number of benzene rings is 1. The predicted octanol–water partition coefficient (Wildman–Crippen LogP) is 0.790. The van der Waals surface area contributed by atoms with Crippen LogP contribution in [0.3, 0.4) is 0 Å². The van der Waals surface area contributed by atoms with E-state index in [2.05, 4.69) is 48.2 Å². The first kappa shape index (κ1) is 16.4. The van der Waals surface area contributed by atoms with E-state index < -0.39 is 0 Å². The van der Waals surface area contributed by atoms with Crippen molar-refractivity contribution in [2.75, 3.05) is 46.9 Å². The monoisotopic (exact) mass is 291 g/mol. The molecule has 4 nitrogen and oxygen atoms in total. The fraction of sp³-hybridized carbons (Fsp3) is 0.647. The molecule has 0 bridgehead atoms. The largest absolute Gasteiger partial charge is 0.396 e. The van der Waals surface area contributed by atoms with E-state index in [0.29, 0.717) is 25.0 Å². The van der Waals surface area contributed by atoms with Gasteiger partial charge in [0.15, 0.2) is 0 Å². The highest BCUT2D eigenvalue weighted by molar-refractivity contribution is 5.22. The Morgan fingerprint density at radius 2 is 1.76 bits per heavy atom. The molecule has 0 spiro atoms. The van der Waals surface area contributed by atoms with Crippen LogP contribution in [0.2, 0.25) is 0 Å². The van der Waals surface area contributed by atoms with Crippen molar-refractivity contribution >= 4 is 0 Å². The number of hydrogen-bond acceptors (Lipinski definition) is 4. The number of hydrogen-bond donors (Lipinski definition) is 2. The van der Waals surface area contributed by atoms with Gasteiger partial charge >= 0.3 is 0 Å². The van der Waals surface area contributed by atoms with Crippen LogP contribution in [0, 0.1) is 11.8 Å². The van der Waals surface area contributed by atoms with Crippen molar-refractivity contribution in [2.24, 2.45) is 17.6 Å². The molecule has 118 valence electrons. The van der Waals surface area contributed by atoms with E-state index in [1.54, 1.807) is 0 Å². The zero-order chi connectivity index (χ0) is 15.2. The summed E-state index contributed by atoms with van der Waals surface area (Å²) in [5.74, 6) is 0.977. The van der Waals surface area contributed by atoms with Crippen LogP contribution in [0.4, 0.5) is 0 Å². The average Bonchev–Trinajstić information content (AvgIpc) is 2.82. The lowest BCUT2D eigenvalue weighted by Crippen LogP contribution is -2.28. The maximum atomic E-state index is 9.57. The van der Waals surface area contributed by atoms with Crippen molar-refractivity contribution in [1.82, 2.24) is 9.80 Å². The predicted molar refractivity (Wildman–Crippen MR) is 87.1 cm³/mol. The maximum absolute atomic E-state index is 9.57. The molecule has 1 aliphatic heterocycles. The van der Waals surface area contributed by atoms with E-state index in [1.165, 1.54) is 11.1 Å². The second kappa shape index (κ2) is 7.90. The molecule has 4 heteroatoms. The van der Waals surface area contributed by atoms with E-state index in [9.17, 15) is 5.11 Å². The van der Waals surface area contributed by atoms with Gasteiger partial charge in [0.25, 0.3) is 0 Å². The van der Waals surface area contributed by atoms with E-state index in [-0.39, 0.29) is 0 Å². The zero-order valence-corrected chi connectivity index (χ0v) is 13.3. The summed E-state index contributed by atoms with van der Waals surface area (Å²) in [6, 6.07) is 8.77. The molecule has 0 aliphatic carbocycles. The lowest BCUT2D eigenvalue weighted by atomic mass is 9.97. The van der Waals surface area contributed by atoms with Gasteiger partial charge in [-0.25, -0.2) is 0 Å². The molecule has 1 aromatic carbocycles. The van der Waals surface area contributed by atoms with Gasteiger partial charge in [-0.1, -0.05) is 24.3 Å². The van der Waals surface area contributed by atoms with E-state index in [4.69, 9.17) is 5.73 Å². The van der Waals surface area contributed by atoms with Crippen LogP contribution >= 0.6 is 0 Å². The van der Waals surface area contributed by atoms with Crippen LogP contribution in [0.15, 0.2) is 24.3 Å². The Labute approximate surface area is 128 Å². The molecule has 0 radical (unpaired) electrons. The number of nitrogens with two attached hydrogens (primary N) is 1. The Hall–Kier alpha value is -0.940. The Bertz CT molecular complexity index is 419. The van der Waals surface area contributed by atoms with E-state index in [1.807, 2.05) is 0 Å². The van der Waals surface area contributed by atoms with Gasteiger partial charge in [-0.3, -0.25) is 4.90 Å². The molecular formula is C17H29N3O. The Morgan fingerprint density at radius 3 is 2.33 bits per heavy atom. The summed E-state index contributed by atoms with van der Waals surface area (Å²) >= 11 is 0. The smallest absolute Gasteiger partial charge is 0.0475 e. The van der Waals surface area contributed by atoms with Crippen LogP contribution in [0.5, 0.6) is 0 Å². The minimum atomic E-state index is 0.296. The fourth-order valence-corrected chi connectivity index (χ4v) is 3.28. The lowest BCUT2D eigenvalue weighted by Gasteiger charge is -2.20. The molecule has 1 fully saturated rings. The molecule has 2 atom stereocenters. The highest BCUT2D eigenvalue weighted by Crippen LogP contribution is 2.25. The zero-order valence-electron chi connectivity index (χ0n) is 13.3. The van der Waals surface area contributed by atoms with Crippen molar-refractivity contribution in [2.45, 2.75) is 13.0 Å². The number of rotatable bonds is 7. The number of likely N-dealkylation sites (tertiary alicyclic amines) is 1. The van der Waals surface area contributed by atoms with E-state index >= 15 is 0 Å². The molecule has 0 saturated carbocycles. The minimum absolute atomic E-state index is 0.296. The molecule has 0 unspecified atom stereocenters. The van der Waals surface area contributed by atoms with Crippen molar-refractivity contribution < 1.29 is 5.11 Å². The number of aliphatic hydroxyl groups excluding tert-OH is 1. The average molecular weight is 291 g/mol. The van der Waals surface area contributed by atoms with Crippen LogP contribution in [0.1, 0.15) is 11.1 Å². The quantitative estimate of drug-likeness (QED) is 0.780. The highest BCUT2D eigenvalue weighted by Gasteiger charge is 2.32. The van der Waals surface area contributed by atoms with Crippen LogP contribution in [0.25, 0.3) is 0 Å². The molecule has 3 N–H and O–H groups in total. The fourth-order valence-electron chi connectivity index (χ4n) is 3.28. The SMILES string of the molecule is CN(C)C[C@@H]1CN(Cc2ccc(CCN)cc2)C[C@@H]1CO. The van der Waals surface area contributed by atoms with Crippen molar-refractivity contribution in [3.05, 3.63) is 35.4 Å². The van der Waals surface area contributed by atoms with Gasteiger partial charge in [0.2, 0.25) is 0 Å². The summed E-state index contributed by atoms with van der Waals surface area (Å²) in [7, 11) is 4.21. The third kappa shape index (κ3) is 4.78. The Morgan fingerprint density at radius 1 is 1.14 bits per heavy atom. The summed E-state index contributed by atoms with van der Waals surface area (Å²) in [6.07, 6.45) is 0.946. The third-order valence-corrected chi connectivity index (χ3v) is 4.35. The van der Waals surface area contributed by atoms with Crippen LogP contribution < -0.4 is 5.73 Å². The number of aliphatic hydroxyl groups is 1. The molecule has 0 amide bonds. The van der Waals surface area contributed by atoms with Crippen molar-refractivity contribution in [3.63, 3.8) is 0 Å². The summed E-state index contributed by atoms with van der Waals surface area (Å²) in [6.45, 7) is 5.11. The standard InChI is InChI=1S/C17H29N3O/c1-19(2)10-16-11-20(12-17(16)13-21)9-15-5-3-14(4-6-15)7-8-18/h3-6,16-17,21H,7-13,18H2,1-2H3/t16-,17-/m1/s1. The maximum Gasteiger partial charge on any atom is 0.0475 e. The Kier molecular flexibility index (Phi) is 6.18. The van der Waals surface area contributed by atoms with Gasteiger partial charge in [-0.15, -0.1) is 0 Å². The van der Waals surface area contributed by atoms with Crippen molar-refractivity contribution in [1.29, 1.82) is 0 Å². The van der Waals surface area contributed by atoms with Gasteiger partial charge in [-0.05, 0) is 50.0 Å². The topological polar surface area (TPSA) is 52.7 Å². The summed E-state index contributed by atoms with van der Waals surface area (Å²) in [5, 5.41) is 9.57. The van der Waals surface area contributed by atoms with Gasteiger partial charge < -0.3 is 15.7 Å². The lowest BCUT2D eigenvalue weighted by molar-refractivity contribution is 0.183. The summed E-state index contributed by atoms with van der Waals surface area (Å²) < 4.78 is 0. The molecule has 1 saturated heterocycles. The summed E-state index contributed by atoms with van der Waals surface area (Å²) in [5.41, 5.74) is 8.23. The second-order valence-electron chi connectivity index (χ2n) is 6.51. The third-order valence-electron chi connectivity index (χ3n) is 4.35. The molecule has 1 aliphatic rings. The molecule has 21 heavy (non-hydrogen) atoms. The molecule has 1 aromatic rings. The molecule has 0 aromatic heterocycles. The second-order valence-corrected chi connectivity index (χ2v) is 6.51. The van der Waals surface area contributed by atoms with Crippen LogP contribution in [-0.4, -0.2) is 61.8 Å². The van der Waals surface area contributed by atoms with Gasteiger partial charge in [-0.2, -0.15) is 0 Å². The van der Waals surface area contributed by atoms with Crippen LogP contribution in [-0.2, 0) is 13.0 Å². The Balaban J connectivity index is 1.91. The molecular weight excluding hydrogens is 262 g/mol. The van der Waals surface area contributed by atoms with E-state index in [0.717, 1.165) is 32.6 Å². The van der Waals surface area contributed by atoms with Gasteiger partial charge in [0.05, 0.1) is 0 Å². The number of nitrogens with zero attached hydrogens (tertiary/aromatic N) is 2. The normalized spacial score (nSPS) is 23.1. The first-order chi connectivity index (χ1) is 10.1. The molecule has 1 heterocycles. The first-order valence-electron chi connectivity index (χ1n) is 7.88. The van der Waals surface area contributed by atoms with Gasteiger partial charge in [0, 0.05) is 32.8 Å². The first-order valence-corrected chi connectivity index (χ1v) is 7.88. The minimum Gasteiger partial charge on any atom is -0.396 e. The van der Waals surface area contributed by atoms with Gasteiger partial charge in [0.1, 0.15) is 0 Å². The summed E-state index contributed by atoms with van der Waals surface area (Å²) in [4.78, 5) is 4.69. The van der Waals surface area contributed by atoms with Crippen molar-refractivity contribution in [3.8, 4) is 0 Å². The highest BCUT2D eigenvalue weighted by atomic mass is 16.3. The molecule has 2 rings (SSSR count).